The van der Waals surface area contributed by atoms with Gasteiger partial charge in [0.1, 0.15) is 0 Å². The number of amides is 1. The zero-order chi connectivity index (χ0) is 15.7. The number of anilines is 1. The zero-order valence-electron chi connectivity index (χ0n) is 11.7. The number of rotatable bonds is 3. The number of nitrogens with zero attached hydrogens (tertiary/aromatic N) is 2. The molecule has 112 valence electrons. The first-order valence-corrected chi connectivity index (χ1v) is 7.24. The van der Waals surface area contributed by atoms with E-state index in [0.29, 0.717) is 17.3 Å². The van der Waals surface area contributed by atoms with Crippen LogP contribution in [0.2, 0.25) is 5.02 Å². The van der Waals surface area contributed by atoms with Crippen molar-refractivity contribution in [2.45, 2.75) is 12.8 Å². The Morgan fingerprint density at radius 3 is 2.64 bits per heavy atom. The fourth-order valence-corrected chi connectivity index (χ4v) is 2.74. The summed E-state index contributed by atoms with van der Waals surface area (Å²) in [6.45, 7) is 0.558. The fourth-order valence-electron chi connectivity index (χ4n) is 2.61. The van der Waals surface area contributed by atoms with Crippen molar-refractivity contribution < 1.29 is 9.72 Å². The lowest BCUT2D eigenvalue weighted by Crippen LogP contribution is -2.30. The van der Waals surface area contributed by atoms with E-state index in [1.165, 1.54) is 12.1 Å². The highest BCUT2D eigenvalue weighted by Gasteiger charge is 2.26. The van der Waals surface area contributed by atoms with E-state index in [1.807, 2.05) is 12.1 Å². The van der Waals surface area contributed by atoms with Crippen LogP contribution in [0.4, 0.5) is 11.4 Å². The van der Waals surface area contributed by atoms with E-state index in [9.17, 15) is 14.9 Å². The first kappa shape index (κ1) is 14.5. The molecule has 5 nitrogen and oxygen atoms in total. The highest BCUT2D eigenvalue weighted by molar-refractivity contribution is 6.30. The van der Waals surface area contributed by atoms with Crippen LogP contribution in [0.5, 0.6) is 0 Å². The summed E-state index contributed by atoms with van der Waals surface area (Å²) in [4.78, 5) is 24.5. The number of nitro groups is 1. The standard InChI is InChI=1S/C16H13ClN2O3/c17-13-4-1-11(2-5-13)9-16(20)18-8-7-12-3-6-14(19(21)22)10-15(12)18/h1-6,10H,7-9H2. The maximum Gasteiger partial charge on any atom is 0.271 e. The van der Waals surface area contributed by atoms with Crippen LogP contribution in [0.3, 0.4) is 0 Å². The molecule has 0 saturated carbocycles. The van der Waals surface area contributed by atoms with Gasteiger partial charge in [-0.05, 0) is 29.7 Å². The summed E-state index contributed by atoms with van der Waals surface area (Å²) in [6.07, 6.45) is 0.971. The molecule has 0 saturated heterocycles. The number of carbonyl (C=O) groups is 1. The summed E-state index contributed by atoms with van der Waals surface area (Å²) in [6, 6.07) is 11.8. The SMILES string of the molecule is O=C(Cc1ccc(Cl)cc1)N1CCc2ccc([N+](=O)[O-])cc21. The van der Waals surface area contributed by atoms with E-state index in [-0.39, 0.29) is 18.0 Å². The third-order valence-electron chi connectivity index (χ3n) is 3.74. The van der Waals surface area contributed by atoms with Gasteiger partial charge in [0.05, 0.1) is 17.0 Å². The van der Waals surface area contributed by atoms with Crippen LogP contribution < -0.4 is 4.90 Å². The molecule has 2 aromatic carbocycles. The van der Waals surface area contributed by atoms with Gasteiger partial charge in [0.15, 0.2) is 0 Å². The summed E-state index contributed by atoms with van der Waals surface area (Å²) >= 11 is 5.83. The van der Waals surface area contributed by atoms with Crippen molar-refractivity contribution in [3.8, 4) is 0 Å². The first-order valence-electron chi connectivity index (χ1n) is 6.87. The topological polar surface area (TPSA) is 63.5 Å². The van der Waals surface area contributed by atoms with Crippen LogP contribution in [0, 0.1) is 10.1 Å². The van der Waals surface area contributed by atoms with E-state index in [1.54, 1.807) is 23.1 Å². The Kier molecular flexibility index (Phi) is 3.81. The van der Waals surface area contributed by atoms with Crippen molar-refractivity contribution in [1.29, 1.82) is 0 Å². The Labute approximate surface area is 132 Å². The van der Waals surface area contributed by atoms with Crippen molar-refractivity contribution in [2.75, 3.05) is 11.4 Å². The zero-order valence-corrected chi connectivity index (χ0v) is 12.4. The summed E-state index contributed by atoms with van der Waals surface area (Å²) in [7, 11) is 0. The van der Waals surface area contributed by atoms with E-state index in [0.717, 1.165) is 17.5 Å². The minimum atomic E-state index is -0.444. The molecule has 1 heterocycles. The normalized spacial score (nSPS) is 13.0. The molecule has 0 atom stereocenters. The molecule has 1 aliphatic rings. The summed E-state index contributed by atoms with van der Waals surface area (Å²) in [5.41, 5.74) is 2.49. The molecule has 0 bridgehead atoms. The fraction of sp³-hybridized carbons (Fsp3) is 0.188. The highest BCUT2D eigenvalue weighted by Crippen LogP contribution is 2.32. The molecule has 0 aliphatic carbocycles. The van der Waals surface area contributed by atoms with Crippen LogP contribution in [-0.2, 0) is 17.6 Å². The number of non-ortho nitro benzene ring substituents is 1. The molecular formula is C16H13ClN2O3. The molecule has 1 amide bonds. The van der Waals surface area contributed by atoms with Crippen molar-refractivity contribution in [1.82, 2.24) is 0 Å². The van der Waals surface area contributed by atoms with E-state index < -0.39 is 4.92 Å². The maximum absolute atomic E-state index is 12.5. The predicted octanol–water partition coefficient (Wildman–Crippen LogP) is 3.38. The van der Waals surface area contributed by atoms with Crippen LogP contribution in [-0.4, -0.2) is 17.4 Å². The van der Waals surface area contributed by atoms with Crippen molar-refractivity contribution in [2.24, 2.45) is 0 Å². The van der Waals surface area contributed by atoms with Crippen molar-refractivity contribution >= 4 is 28.9 Å². The second kappa shape index (κ2) is 5.77. The average molecular weight is 317 g/mol. The van der Waals surface area contributed by atoms with E-state index >= 15 is 0 Å². The lowest BCUT2D eigenvalue weighted by atomic mass is 10.1. The number of hydrogen-bond acceptors (Lipinski definition) is 3. The van der Waals surface area contributed by atoms with E-state index in [2.05, 4.69) is 0 Å². The largest absolute Gasteiger partial charge is 0.311 e. The molecule has 22 heavy (non-hydrogen) atoms. The Bertz CT molecular complexity index is 744. The van der Waals surface area contributed by atoms with Gasteiger partial charge in [-0.3, -0.25) is 14.9 Å². The molecule has 1 aliphatic heterocycles. The minimum Gasteiger partial charge on any atom is -0.311 e. The molecule has 0 unspecified atom stereocenters. The molecule has 0 fully saturated rings. The predicted molar refractivity (Wildman–Crippen MR) is 84.3 cm³/mol. The van der Waals surface area contributed by atoms with Gasteiger partial charge in [0.25, 0.3) is 5.69 Å². The van der Waals surface area contributed by atoms with Gasteiger partial charge in [0, 0.05) is 23.7 Å². The molecule has 0 aromatic heterocycles. The lowest BCUT2D eigenvalue weighted by Gasteiger charge is -2.17. The van der Waals surface area contributed by atoms with Crippen LogP contribution in [0.1, 0.15) is 11.1 Å². The first-order chi connectivity index (χ1) is 10.5. The van der Waals surface area contributed by atoms with Crippen LogP contribution in [0.15, 0.2) is 42.5 Å². The average Bonchev–Trinajstić information content (AvgIpc) is 2.92. The van der Waals surface area contributed by atoms with Gasteiger partial charge in [-0.2, -0.15) is 0 Å². The van der Waals surface area contributed by atoms with Crippen molar-refractivity contribution in [3.05, 3.63) is 68.7 Å². The molecular weight excluding hydrogens is 304 g/mol. The second-order valence-corrected chi connectivity index (χ2v) is 5.61. The van der Waals surface area contributed by atoms with Crippen LogP contribution in [0.25, 0.3) is 0 Å². The number of carbonyl (C=O) groups excluding carboxylic acids is 1. The van der Waals surface area contributed by atoms with Gasteiger partial charge >= 0.3 is 0 Å². The molecule has 0 N–H and O–H groups in total. The third kappa shape index (κ3) is 2.80. The lowest BCUT2D eigenvalue weighted by molar-refractivity contribution is -0.384. The van der Waals surface area contributed by atoms with Gasteiger partial charge in [-0.1, -0.05) is 29.8 Å². The van der Waals surface area contributed by atoms with Gasteiger partial charge in [-0.15, -0.1) is 0 Å². The number of benzene rings is 2. The minimum absolute atomic E-state index is 0.00458. The highest BCUT2D eigenvalue weighted by atomic mass is 35.5. The monoisotopic (exact) mass is 316 g/mol. The van der Waals surface area contributed by atoms with Crippen LogP contribution >= 0.6 is 11.6 Å². The van der Waals surface area contributed by atoms with Gasteiger partial charge in [0.2, 0.25) is 5.91 Å². The van der Waals surface area contributed by atoms with E-state index in [4.69, 9.17) is 11.6 Å². The number of fused-ring (bicyclic) bond motifs is 1. The summed E-state index contributed by atoms with van der Waals surface area (Å²) in [5, 5.41) is 11.5. The molecule has 3 rings (SSSR count). The third-order valence-corrected chi connectivity index (χ3v) is 4.00. The number of nitro benzene ring substituents is 1. The van der Waals surface area contributed by atoms with Gasteiger partial charge < -0.3 is 4.90 Å². The molecule has 2 aromatic rings. The Hall–Kier alpha value is -2.40. The second-order valence-electron chi connectivity index (χ2n) is 5.17. The molecule has 6 heteroatoms. The Balaban J connectivity index is 1.82. The Morgan fingerprint density at radius 1 is 1.23 bits per heavy atom. The Morgan fingerprint density at radius 2 is 1.95 bits per heavy atom. The van der Waals surface area contributed by atoms with Crippen molar-refractivity contribution in [3.63, 3.8) is 0 Å². The van der Waals surface area contributed by atoms with Gasteiger partial charge in [-0.25, -0.2) is 0 Å². The number of hydrogen-bond donors (Lipinski definition) is 0. The number of halogens is 1. The maximum atomic E-state index is 12.5. The summed E-state index contributed by atoms with van der Waals surface area (Å²) in [5.74, 6) is -0.0680. The molecule has 0 radical (unpaired) electrons. The quantitative estimate of drug-likeness (QED) is 0.644. The smallest absolute Gasteiger partial charge is 0.271 e. The molecule has 0 spiro atoms. The summed E-state index contributed by atoms with van der Waals surface area (Å²) < 4.78 is 0.